The Balaban J connectivity index is 2.64. The van der Waals surface area contributed by atoms with E-state index in [4.69, 9.17) is 0 Å². The average molecular weight is 242 g/mol. The number of aryl methyl sites for hydroxylation is 1. The molecule has 0 saturated heterocycles. The van der Waals surface area contributed by atoms with Gasteiger partial charge in [0.05, 0.1) is 4.70 Å². The number of hydrogen-bond acceptors (Lipinski definition) is 3. The number of phenols is 1. The minimum Gasteiger partial charge on any atom is -0.506 e. The molecule has 1 N–H and O–H groups in total. The lowest BCUT2D eigenvalue weighted by atomic mass is 10.1. The van der Waals surface area contributed by atoms with Crippen molar-refractivity contribution in [2.45, 2.75) is 6.92 Å². The Bertz CT molecular complexity index is 787. The molecule has 0 saturated carbocycles. The SMILES string of the molecule is Cc1cc(O)c2sc3ccccc3c(=O)c2c1. The number of rotatable bonds is 0. The molecular weight excluding hydrogens is 232 g/mol. The molecule has 3 aromatic rings. The highest BCUT2D eigenvalue weighted by atomic mass is 32.1. The van der Waals surface area contributed by atoms with E-state index in [0.717, 1.165) is 15.6 Å². The molecule has 3 rings (SSSR count). The number of hydrogen-bond donors (Lipinski definition) is 1. The molecule has 1 aromatic heterocycles. The molecule has 0 aliphatic heterocycles. The van der Waals surface area contributed by atoms with Crippen molar-refractivity contribution < 1.29 is 5.11 Å². The molecule has 0 aliphatic rings. The molecule has 0 bridgehead atoms. The van der Waals surface area contributed by atoms with Gasteiger partial charge in [-0.15, -0.1) is 11.3 Å². The van der Waals surface area contributed by atoms with Crippen molar-refractivity contribution in [1.29, 1.82) is 0 Å². The Morgan fingerprint density at radius 3 is 2.71 bits per heavy atom. The Kier molecular flexibility index (Phi) is 2.16. The van der Waals surface area contributed by atoms with Crippen molar-refractivity contribution >= 4 is 31.5 Å². The molecular formula is C14H10O2S. The van der Waals surface area contributed by atoms with Gasteiger partial charge in [-0.2, -0.15) is 0 Å². The van der Waals surface area contributed by atoms with Crippen LogP contribution in [0.25, 0.3) is 20.2 Å². The molecule has 84 valence electrons. The Morgan fingerprint density at radius 1 is 1.12 bits per heavy atom. The van der Waals surface area contributed by atoms with Crippen LogP contribution in [-0.2, 0) is 0 Å². The van der Waals surface area contributed by atoms with Crippen molar-refractivity contribution in [1.82, 2.24) is 0 Å². The summed E-state index contributed by atoms with van der Waals surface area (Å²) in [4.78, 5) is 12.3. The quantitative estimate of drug-likeness (QED) is 0.613. The third-order valence-corrected chi connectivity index (χ3v) is 4.01. The normalized spacial score (nSPS) is 11.1. The maximum atomic E-state index is 12.3. The summed E-state index contributed by atoms with van der Waals surface area (Å²) in [7, 11) is 0. The van der Waals surface area contributed by atoms with Crippen LogP contribution < -0.4 is 5.43 Å². The first-order chi connectivity index (χ1) is 8.16. The average Bonchev–Trinajstić information content (AvgIpc) is 2.31. The first-order valence-corrected chi connectivity index (χ1v) is 6.13. The Morgan fingerprint density at radius 2 is 1.88 bits per heavy atom. The van der Waals surface area contributed by atoms with Gasteiger partial charge in [-0.25, -0.2) is 0 Å². The van der Waals surface area contributed by atoms with Gasteiger partial charge in [0.15, 0.2) is 5.43 Å². The molecule has 0 fully saturated rings. The summed E-state index contributed by atoms with van der Waals surface area (Å²) in [5.41, 5.74) is 0.892. The van der Waals surface area contributed by atoms with Gasteiger partial charge in [0.2, 0.25) is 0 Å². The maximum absolute atomic E-state index is 12.3. The molecule has 0 aliphatic carbocycles. The zero-order chi connectivity index (χ0) is 12.0. The second-order valence-corrected chi connectivity index (χ2v) is 5.14. The van der Waals surface area contributed by atoms with E-state index in [0.29, 0.717) is 10.1 Å². The lowest BCUT2D eigenvalue weighted by Gasteiger charge is -2.04. The van der Waals surface area contributed by atoms with Crippen molar-refractivity contribution in [3.8, 4) is 5.75 Å². The van der Waals surface area contributed by atoms with E-state index in [2.05, 4.69) is 0 Å². The lowest BCUT2D eigenvalue weighted by molar-refractivity contribution is 0.482. The summed E-state index contributed by atoms with van der Waals surface area (Å²) < 4.78 is 1.57. The molecule has 0 radical (unpaired) electrons. The van der Waals surface area contributed by atoms with E-state index < -0.39 is 0 Å². The van der Waals surface area contributed by atoms with E-state index in [1.54, 1.807) is 6.07 Å². The van der Waals surface area contributed by atoms with E-state index in [1.807, 2.05) is 37.3 Å². The molecule has 0 spiro atoms. The predicted octanol–water partition coefficient (Wildman–Crippen LogP) is 3.43. The summed E-state index contributed by atoms with van der Waals surface area (Å²) in [6.07, 6.45) is 0. The largest absolute Gasteiger partial charge is 0.506 e. The molecule has 1 heterocycles. The fourth-order valence-electron chi connectivity index (χ4n) is 2.03. The smallest absolute Gasteiger partial charge is 0.196 e. The Hall–Kier alpha value is -1.87. The van der Waals surface area contributed by atoms with Crippen molar-refractivity contribution in [3.63, 3.8) is 0 Å². The van der Waals surface area contributed by atoms with E-state index >= 15 is 0 Å². The van der Waals surface area contributed by atoms with Gasteiger partial charge in [-0.05, 0) is 36.8 Å². The van der Waals surface area contributed by atoms with Crippen molar-refractivity contribution in [2.24, 2.45) is 0 Å². The lowest BCUT2D eigenvalue weighted by Crippen LogP contribution is -2.00. The molecule has 2 aromatic carbocycles. The maximum Gasteiger partial charge on any atom is 0.196 e. The van der Waals surface area contributed by atoms with Crippen LogP contribution in [0.15, 0.2) is 41.2 Å². The van der Waals surface area contributed by atoms with Crippen molar-refractivity contribution in [3.05, 3.63) is 52.2 Å². The summed E-state index contributed by atoms with van der Waals surface area (Å²) in [5, 5.41) is 11.2. The van der Waals surface area contributed by atoms with Gasteiger partial charge in [0.25, 0.3) is 0 Å². The van der Waals surface area contributed by atoms with Gasteiger partial charge in [0, 0.05) is 15.5 Å². The van der Waals surface area contributed by atoms with Gasteiger partial charge in [-0.1, -0.05) is 12.1 Å². The van der Waals surface area contributed by atoms with E-state index in [1.165, 1.54) is 11.3 Å². The monoisotopic (exact) mass is 242 g/mol. The van der Waals surface area contributed by atoms with Gasteiger partial charge in [-0.3, -0.25) is 4.79 Å². The fourth-order valence-corrected chi connectivity index (χ4v) is 3.09. The van der Waals surface area contributed by atoms with Crippen LogP contribution in [0, 0.1) is 6.92 Å². The summed E-state index contributed by atoms with van der Waals surface area (Å²) in [6.45, 7) is 1.87. The van der Waals surface area contributed by atoms with Crippen LogP contribution in [0.3, 0.4) is 0 Å². The first-order valence-electron chi connectivity index (χ1n) is 5.32. The van der Waals surface area contributed by atoms with E-state index in [9.17, 15) is 9.90 Å². The fraction of sp³-hybridized carbons (Fsp3) is 0.0714. The third-order valence-electron chi connectivity index (χ3n) is 2.80. The summed E-state index contributed by atoms with van der Waals surface area (Å²) >= 11 is 1.45. The standard InChI is InChI=1S/C14H10O2S/c1-8-6-10-13(16)9-4-2-3-5-12(9)17-14(10)11(15)7-8/h2-7,15H,1H3. The minimum absolute atomic E-state index is 0.00616. The molecule has 2 nitrogen and oxygen atoms in total. The number of aromatic hydroxyl groups is 1. The Labute approximate surface area is 102 Å². The number of fused-ring (bicyclic) bond motifs is 2. The highest BCUT2D eigenvalue weighted by Gasteiger charge is 2.09. The zero-order valence-electron chi connectivity index (χ0n) is 9.23. The van der Waals surface area contributed by atoms with Gasteiger partial charge >= 0.3 is 0 Å². The van der Waals surface area contributed by atoms with E-state index in [-0.39, 0.29) is 11.2 Å². The van der Waals surface area contributed by atoms with Gasteiger partial charge in [0.1, 0.15) is 5.75 Å². The summed E-state index contributed by atoms with van der Waals surface area (Å²) in [6, 6.07) is 11.0. The molecule has 3 heteroatoms. The number of benzene rings is 2. The van der Waals surface area contributed by atoms with Crippen molar-refractivity contribution in [2.75, 3.05) is 0 Å². The van der Waals surface area contributed by atoms with Crippen LogP contribution in [-0.4, -0.2) is 5.11 Å². The third kappa shape index (κ3) is 1.51. The van der Waals surface area contributed by atoms with Crippen LogP contribution >= 0.6 is 11.3 Å². The van der Waals surface area contributed by atoms with Crippen LogP contribution in [0.2, 0.25) is 0 Å². The molecule has 0 unspecified atom stereocenters. The molecule has 17 heavy (non-hydrogen) atoms. The topological polar surface area (TPSA) is 37.3 Å². The predicted molar refractivity (Wildman–Crippen MR) is 72.0 cm³/mol. The van der Waals surface area contributed by atoms with Crippen LogP contribution in [0.4, 0.5) is 0 Å². The second-order valence-electron chi connectivity index (χ2n) is 4.09. The van der Waals surface area contributed by atoms with Crippen LogP contribution in [0.1, 0.15) is 5.56 Å². The van der Waals surface area contributed by atoms with Crippen LogP contribution in [0.5, 0.6) is 5.75 Å². The molecule has 0 atom stereocenters. The molecule has 0 amide bonds. The van der Waals surface area contributed by atoms with Gasteiger partial charge < -0.3 is 5.11 Å². The highest BCUT2D eigenvalue weighted by Crippen LogP contribution is 2.31. The minimum atomic E-state index is -0.00616. The first kappa shape index (κ1) is 10.3. The number of phenolic OH excluding ortho intramolecular Hbond substituents is 1. The zero-order valence-corrected chi connectivity index (χ0v) is 10.0. The highest BCUT2D eigenvalue weighted by molar-refractivity contribution is 7.24. The summed E-state index contributed by atoms with van der Waals surface area (Å²) in [5.74, 6) is 0.188. The second kappa shape index (κ2) is 3.57.